The molecule has 1 fully saturated rings. The first kappa shape index (κ1) is 16.1. The lowest BCUT2D eigenvalue weighted by atomic mass is 9.93. The van der Waals surface area contributed by atoms with E-state index in [9.17, 15) is 9.59 Å². The summed E-state index contributed by atoms with van der Waals surface area (Å²) in [6, 6.07) is 12.2. The first-order chi connectivity index (χ1) is 11.6. The van der Waals surface area contributed by atoms with Gasteiger partial charge in [0, 0.05) is 6.07 Å². The van der Waals surface area contributed by atoms with Crippen LogP contribution in [0.15, 0.2) is 46.9 Å². The predicted molar refractivity (Wildman–Crippen MR) is 86.1 cm³/mol. The van der Waals surface area contributed by atoms with Gasteiger partial charge in [0.2, 0.25) is 0 Å². The van der Waals surface area contributed by atoms with E-state index >= 15 is 0 Å². The normalized spacial score (nSPS) is 15.8. The SMILES string of the molecule is O=C(O)CC1(NC(=O)c2ccc(Oc3ccccc3)o2)CCCC1. The van der Waals surface area contributed by atoms with E-state index in [0.717, 1.165) is 12.8 Å². The first-order valence-electron chi connectivity index (χ1n) is 7.93. The maximum Gasteiger partial charge on any atom is 0.305 e. The van der Waals surface area contributed by atoms with Gasteiger partial charge in [-0.05, 0) is 31.0 Å². The minimum atomic E-state index is -0.912. The van der Waals surface area contributed by atoms with Crippen LogP contribution in [0.2, 0.25) is 0 Å². The Balaban J connectivity index is 1.68. The molecule has 1 aliphatic carbocycles. The quantitative estimate of drug-likeness (QED) is 0.845. The summed E-state index contributed by atoms with van der Waals surface area (Å²) in [7, 11) is 0. The molecule has 0 unspecified atom stereocenters. The highest BCUT2D eigenvalue weighted by molar-refractivity contribution is 5.92. The van der Waals surface area contributed by atoms with Crippen molar-refractivity contribution >= 4 is 11.9 Å². The van der Waals surface area contributed by atoms with Crippen LogP contribution in [0.25, 0.3) is 0 Å². The van der Waals surface area contributed by atoms with Crippen LogP contribution in [0, 0.1) is 0 Å². The highest BCUT2D eigenvalue weighted by atomic mass is 16.6. The van der Waals surface area contributed by atoms with E-state index in [0.29, 0.717) is 18.6 Å². The highest BCUT2D eigenvalue weighted by Gasteiger charge is 2.38. The summed E-state index contributed by atoms with van der Waals surface area (Å²) in [5.74, 6) is -0.398. The molecule has 6 nitrogen and oxygen atoms in total. The lowest BCUT2D eigenvalue weighted by Crippen LogP contribution is -2.47. The van der Waals surface area contributed by atoms with Gasteiger partial charge >= 0.3 is 5.97 Å². The number of ether oxygens (including phenoxy) is 1. The molecule has 3 rings (SSSR count). The van der Waals surface area contributed by atoms with Crippen molar-refractivity contribution in [3.05, 3.63) is 48.2 Å². The second kappa shape index (κ2) is 6.78. The highest BCUT2D eigenvalue weighted by Crippen LogP contribution is 2.33. The van der Waals surface area contributed by atoms with Crippen LogP contribution in [0.1, 0.15) is 42.7 Å². The van der Waals surface area contributed by atoms with E-state index in [1.54, 1.807) is 18.2 Å². The number of carbonyl (C=O) groups is 2. The topological polar surface area (TPSA) is 88.8 Å². The zero-order valence-electron chi connectivity index (χ0n) is 13.2. The van der Waals surface area contributed by atoms with Gasteiger partial charge in [-0.2, -0.15) is 0 Å². The number of para-hydroxylation sites is 1. The average Bonchev–Trinajstić information content (AvgIpc) is 3.18. The number of benzene rings is 1. The van der Waals surface area contributed by atoms with Crippen LogP contribution >= 0.6 is 0 Å². The van der Waals surface area contributed by atoms with Gasteiger partial charge in [-0.25, -0.2) is 0 Å². The monoisotopic (exact) mass is 329 g/mol. The van der Waals surface area contributed by atoms with E-state index in [4.69, 9.17) is 14.3 Å². The molecular weight excluding hydrogens is 310 g/mol. The van der Waals surface area contributed by atoms with Crippen molar-refractivity contribution in [1.29, 1.82) is 0 Å². The van der Waals surface area contributed by atoms with Crippen molar-refractivity contribution in [1.82, 2.24) is 5.32 Å². The van der Waals surface area contributed by atoms with Crippen LogP contribution < -0.4 is 10.1 Å². The Morgan fingerprint density at radius 2 is 1.83 bits per heavy atom. The minimum absolute atomic E-state index is 0.0766. The lowest BCUT2D eigenvalue weighted by Gasteiger charge is -2.28. The fraction of sp³-hybridized carbons (Fsp3) is 0.333. The number of hydrogen-bond acceptors (Lipinski definition) is 4. The third-order valence-electron chi connectivity index (χ3n) is 4.20. The minimum Gasteiger partial charge on any atom is -0.481 e. The number of hydrogen-bond donors (Lipinski definition) is 2. The summed E-state index contributed by atoms with van der Waals surface area (Å²) in [6.07, 6.45) is 3.08. The standard InChI is InChI=1S/C18H19NO5/c20-15(21)12-18(10-4-5-11-18)19-17(22)14-8-9-16(24-14)23-13-6-2-1-3-7-13/h1-3,6-9H,4-5,10-12H2,(H,19,22)(H,20,21). The number of amides is 1. The van der Waals surface area contributed by atoms with Crippen molar-refractivity contribution in [3.63, 3.8) is 0 Å². The van der Waals surface area contributed by atoms with Crippen LogP contribution in [0.3, 0.4) is 0 Å². The average molecular weight is 329 g/mol. The zero-order chi connectivity index (χ0) is 17.0. The Labute approximate surface area is 139 Å². The summed E-state index contributed by atoms with van der Waals surface area (Å²) in [5.41, 5.74) is -0.684. The van der Waals surface area contributed by atoms with Crippen molar-refractivity contribution in [3.8, 4) is 11.7 Å². The van der Waals surface area contributed by atoms with E-state index in [1.807, 2.05) is 18.2 Å². The van der Waals surface area contributed by atoms with Gasteiger partial charge in [0.25, 0.3) is 11.9 Å². The predicted octanol–water partition coefficient (Wildman–Crippen LogP) is 3.59. The molecule has 2 aromatic rings. The number of furan rings is 1. The van der Waals surface area contributed by atoms with Gasteiger partial charge in [0.15, 0.2) is 5.76 Å². The molecule has 0 aliphatic heterocycles. The molecule has 0 radical (unpaired) electrons. The zero-order valence-corrected chi connectivity index (χ0v) is 13.2. The van der Waals surface area contributed by atoms with E-state index in [-0.39, 0.29) is 18.1 Å². The second-order valence-corrected chi connectivity index (χ2v) is 6.05. The summed E-state index contributed by atoms with van der Waals surface area (Å²) in [4.78, 5) is 23.5. The lowest BCUT2D eigenvalue weighted by molar-refractivity contribution is -0.138. The molecule has 6 heteroatoms. The van der Waals surface area contributed by atoms with Gasteiger partial charge in [0.1, 0.15) is 5.75 Å². The number of aliphatic carboxylic acids is 1. The smallest absolute Gasteiger partial charge is 0.305 e. The molecule has 1 heterocycles. The van der Waals surface area contributed by atoms with Crippen molar-refractivity contribution < 1.29 is 23.8 Å². The number of carboxylic acids is 1. The Kier molecular flexibility index (Phi) is 4.55. The third-order valence-corrected chi connectivity index (χ3v) is 4.20. The third kappa shape index (κ3) is 3.76. The number of nitrogens with one attached hydrogen (secondary N) is 1. The van der Waals surface area contributed by atoms with Crippen molar-refractivity contribution in [2.24, 2.45) is 0 Å². The van der Waals surface area contributed by atoms with E-state index in [2.05, 4.69) is 5.32 Å². The second-order valence-electron chi connectivity index (χ2n) is 6.05. The van der Waals surface area contributed by atoms with E-state index in [1.165, 1.54) is 6.07 Å². The fourth-order valence-electron chi connectivity index (χ4n) is 3.09. The summed E-state index contributed by atoms with van der Waals surface area (Å²) in [5, 5.41) is 11.9. The fourth-order valence-corrected chi connectivity index (χ4v) is 3.09. The van der Waals surface area contributed by atoms with Crippen molar-refractivity contribution in [2.45, 2.75) is 37.6 Å². The molecule has 24 heavy (non-hydrogen) atoms. The Morgan fingerprint density at radius 1 is 1.12 bits per heavy atom. The van der Waals surface area contributed by atoms with Crippen LogP contribution in [0.4, 0.5) is 0 Å². The molecule has 126 valence electrons. The van der Waals surface area contributed by atoms with Gasteiger partial charge in [0.05, 0.1) is 12.0 Å². The first-order valence-corrected chi connectivity index (χ1v) is 7.93. The summed E-state index contributed by atoms with van der Waals surface area (Å²) >= 11 is 0. The Bertz CT molecular complexity index is 716. The summed E-state index contributed by atoms with van der Waals surface area (Å²) < 4.78 is 11.0. The molecule has 2 N–H and O–H groups in total. The van der Waals surface area contributed by atoms with Crippen LogP contribution in [-0.4, -0.2) is 22.5 Å². The molecule has 1 aromatic carbocycles. The maximum atomic E-state index is 12.4. The largest absolute Gasteiger partial charge is 0.481 e. The van der Waals surface area contributed by atoms with Gasteiger partial charge in [-0.15, -0.1) is 0 Å². The van der Waals surface area contributed by atoms with E-state index < -0.39 is 17.4 Å². The number of rotatable bonds is 6. The number of carboxylic acid groups (broad SMARTS) is 1. The van der Waals surface area contributed by atoms with Crippen molar-refractivity contribution in [2.75, 3.05) is 0 Å². The molecule has 1 aliphatic rings. The molecular formula is C18H19NO5. The maximum absolute atomic E-state index is 12.4. The molecule has 1 saturated carbocycles. The summed E-state index contributed by atoms with van der Waals surface area (Å²) in [6.45, 7) is 0. The molecule has 0 saturated heterocycles. The molecule has 0 atom stereocenters. The molecule has 0 spiro atoms. The van der Waals surface area contributed by atoms with Gasteiger partial charge in [-0.3, -0.25) is 9.59 Å². The Hall–Kier alpha value is -2.76. The van der Waals surface area contributed by atoms with Crippen LogP contribution in [-0.2, 0) is 4.79 Å². The number of carbonyl (C=O) groups excluding carboxylic acids is 1. The van der Waals surface area contributed by atoms with Gasteiger partial charge in [-0.1, -0.05) is 31.0 Å². The molecule has 0 bridgehead atoms. The Morgan fingerprint density at radius 3 is 2.50 bits per heavy atom. The molecule has 1 amide bonds. The van der Waals surface area contributed by atoms with Crippen LogP contribution in [0.5, 0.6) is 11.7 Å². The van der Waals surface area contributed by atoms with Gasteiger partial charge < -0.3 is 19.6 Å². The molecule has 1 aromatic heterocycles.